The van der Waals surface area contributed by atoms with Crippen LogP contribution in [0.3, 0.4) is 0 Å². The summed E-state index contributed by atoms with van der Waals surface area (Å²) in [5.41, 5.74) is 4.73. The molecular weight excluding hydrogens is 302 g/mol. The average Bonchev–Trinajstić information content (AvgIpc) is 3.00. The van der Waals surface area contributed by atoms with E-state index in [1.54, 1.807) is 9.69 Å². The molecule has 2 heterocycles. The van der Waals surface area contributed by atoms with Crippen LogP contribution in [0, 0.1) is 6.92 Å². The first kappa shape index (κ1) is 16.0. The second-order valence-electron chi connectivity index (χ2n) is 5.71. The maximum Gasteiger partial charge on any atom is 0.214 e. The van der Waals surface area contributed by atoms with Gasteiger partial charge in [0.15, 0.2) is 0 Å². The lowest BCUT2D eigenvalue weighted by molar-refractivity contribution is 0.293. The lowest BCUT2D eigenvalue weighted by Gasteiger charge is -2.19. The number of nitrogens with two attached hydrogens (primary N) is 1. The van der Waals surface area contributed by atoms with Crippen LogP contribution in [-0.4, -0.2) is 21.8 Å². The maximum atomic E-state index is 5.91. The molecule has 0 unspecified atom stereocenters. The van der Waals surface area contributed by atoms with E-state index in [1.165, 1.54) is 0 Å². The quantitative estimate of drug-likeness (QED) is 0.577. The zero-order valence-electron chi connectivity index (χ0n) is 14.1. The van der Waals surface area contributed by atoms with Crippen molar-refractivity contribution in [3.05, 3.63) is 59.8 Å². The van der Waals surface area contributed by atoms with Gasteiger partial charge in [-0.15, -0.1) is 0 Å². The highest BCUT2D eigenvalue weighted by molar-refractivity contribution is 5.55. The van der Waals surface area contributed by atoms with Crippen LogP contribution >= 0.6 is 0 Å². The molecule has 0 fully saturated rings. The molecule has 0 radical (unpaired) electrons. The fourth-order valence-electron chi connectivity index (χ4n) is 2.54. The van der Waals surface area contributed by atoms with Crippen molar-refractivity contribution in [1.82, 2.24) is 14.8 Å². The highest BCUT2D eigenvalue weighted by Crippen LogP contribution is 2.24. The van der Waals surface area contributed by atoms with Crippen LogP contribution in [0.4, 0.5) is 5.69 Å². The molecule has 124 valence electrons. The molecule has 0 aliphatic heterocycles. The fourth-order valence-corrected chi connectivity index (χ4v) is 2.54. The Morgan fingerprint density at radius 3 is 2.62 bits per heavy atom. The van der Waals surface area contributed by atoms with Crippen molar-refractivity contribution in [3.63, 3.8) is 0 Å². The molecule has 0 atom stereocenters. The Morgan fingerprint density at radius 1 is 1.12 bits per heavy atom. The minimum atomic E-state index is 0.405. The molecule has 2 aromatic heterocycles. The van der Waals surface area contributed by atoms with Gasteiger partial charge in [-0.3, -0.25) is 4.68 Å². The molecule has 6 nitrogen and oxygen atoms in total. The van der Waals surface area contributed by atoms with Crippen LogP contribution < -0.4 is 15.6 Å². The van der Waals surface area contributed by atoms with E-state index < -0.39 is 0 Å². The molecule has 0 bridgehead atoms. The molecule has 0 amide bonds. The van der Waals surface area contributed by atoms with Gasteiger partial charge in [0, 0.05) is 31.9 Å². The highest BCUT2D eigenvalue weighted by atomic mass is 16.5. The van der Waals surface area contributed by atoms with Gasteiger partial charge in [0.05, 0.1) is 11.4 Å². The second-order valence-corrected chi connectivity index (χ2v) is 5.71. The zero-order chi connectivity index (χ0) is 17.1. The standard InChI is InChI=1S/C18H21N5O/c1-13-6-4-8-17(23(3)19)14(13)12-24-18-9-5-7-15(20-18)16-10-11-22(2)21-16/h4-11H,12,19H2,1-3H3. The number of hydrogen-bond donors (Lipinski definition) is 1. The number of benzene rings is 1. The normalized spacial score (nSPS) is 10.7. The first-order chi connectivity index (χ1) is 11.5. The summed E-state index contributed by atoms with van der Waals surface area (Å²) in [7, 11) is 3.70. The van der Waals surface area contributed by atoms with E-state index in [4.69, 9.17) is 10.6 Å². The smallest absolute Gasteiger partial charge is 0.214 e. The fraction of sp³-hybridized carbons (Fsp3) is 0.222. The molecule has 0 aliphatic carbocycles. The van der Waals surface area contributed by atoms with Crippen LogP contribution in [0.2, 0.25) is 0 Å². The number of nitrogens with zero attached hydrogens (tertiary/aromatic N) is 4. The zero-order valence-corrected chi connectivity index (χ0v) is 14.1. The van der Waals surface area contributed by atoms with Gasteiger partial charge >= 0.3 is 0 Å². The lowest BCUT2D eigenvalue weighted by atomic mass is 10.1. The Balaban J connectivity index is 1.81. The molecule has 3 aromatic rings. The van der Waals surface area contributed by atoms with Crippen LogP contribution in [-0.2, 0) is 13.7 Å². The van der Waals surface area contributed by atoms with Crippen molar-refractivity contribution in [3.8, 4) is 17.3 Å². The monoisotopic (exact) mass is 323 g/mol. The third kappa shape index (κ3) is 3.38. The molecule has 0 saturated heterocycles. The van der Waals surface area contributed by atoms with Crippen molar-refractivity contribution < 1.29 is 4.74 Å². The Kier molecular flexibility index (Phi) is 4.48. The number of rotatable bonds is 5. The van der Waals surface area contributed by atoms with Gasteiger partial charge in [-0.25, -0.2) is 10.8 Å². The molecule has 6 heteroatoms. The Hall–Kier alpha value is -2.86. The van der Waals surface area contributed by atoms with Gasteiger partial charge in [0.25, 0.3) is 0 Å². The number of aromatic nitrogens is 3. The Morgan fingerprint density at radius 2 is 1.92 bits per heavy atom. The van der Waals surface area contributed by atoms with E-state index in [0.717, 1.165) is 28.2 Å². The molecule has 0 spiro atoms. The Labute approximate surface area is 141 Å². The SMILES string of the molecule is Cc1cccc(N(C)N)c1COc1cccc(-c2ccn(C)n2)n1. The first-order valence-electron chi connectivity index (χ1n) is 7.71. The number of aryl methyl sites for hydroxylation is 2. The molecule has 3 rings (SSSR count). The van der Waals surface area contributed by atoms with Crippen molar-refractivity contribution in [2.45, 2.75) is 13.5 Å². The minimum absolute atomic E-state index is 0.405. The molecule has 0 aliphatic rings. The topological polar surface area (TPSA) is 69.2 Å². The summed E-state index contributed by atoms with van der Waals surface area (Å²) in [6.07, 6.45) is 1.89. The van der Waals surface area contributed by atoms with Gasteiger partial charge in [-0.2, -0.15) is 5.10 Å². The van der Waals surface area contributed by atoms with Crippen molar-refractivity contribution in [1.29, 1.82) is 0 Å². The molecule has 24 heavy (non-hydrogen) atoms. The number of ether oxygens (including phenoxy) is 1. The summed E-state index contributed by atoms with van der Waals surface area (Å²) >= 11 is 0. The highest BCUT2D eigenvalue weighted by Gasteiger charge is 2.10. The van der Waals surface area contributed by atoms with E-state index in [-0.39, 0.29) is 0 Å². The van der Waals surface area contributed by atoms with Gasteiger partial charge in [0.1, 0.15) is 12.3 Å². The van der Waals surface area contributed by atoms with Crippen LogP contribution in [0.1, 0.15) is 11.1 Å². The number of hydrogen-bond acceptors (Lipinski definition) is 5. The van der Waals surface area contributed by atoms with Crippen LogP contribution in [0.25, 0.3) is 11.4 Å². The summed E-state index contributed by atoms with van der Waals surface area (Å²) in [6.45, 7) is 2.45. The van der Waals surface area contributed by atoms with E-state index in [1.807, 2.05) is 69.7 Å². The van der Waals surface area contributed by atoms with Gasteiger partial charge in [-0.05, 0) is 30.7 Å². The largest absolute Gasteiger partial charge is 0.473 e. The van der Waals surface area contributed by atoms with Crippen LogP contribution in [0.5, 0.6) is 5.88 Å². The maximum absolute atomic E-state index is 5.91. The van der Waals surface area contributed by atoms with Crippen LogP contribution in [0.15, 0.2) is 48.7 Å². The molecule has 2 N–H and O–H groups in total. The predicted octanol–water partition coefficient (Wildman–Crippen LogP) is 2.68. The summed E-state index contributed by atoms with van der Waals surface area (Å²) in [5, 5.41) is 5.97. The van der Waals surface area contributed by atoms with Crippen molar-refractivity contribution >= 4 is 5.69 Å². The van der Waals surface area contributed by atoms with E-state index in [0.29, 0.717) is 12.5 Å². The average molecular weight is 323 g/mol. The number of pyridine rings is 1. The minimum Gasteiger partial charge on any atom is -0.473 e. The summed E-state index contributed by atoms with van der Waals surface area (Å²) in [4.78, 5) is 4.53. The number of anilines is 1. The van der Waals surface area contributed by atoms with E-state index >= 15 is 0 Å². The third-order valence-corrected chi connectivity index (χ3v) is 3.83. The molecule has 1 aromatic carbocycles. The summed E-state index contributed by atoms with van der Waals surface area (Å²) < 4.78 is 7.66. The van der Waals surface area contributed by atoms with E-state index in [9.17, 15) is 0 Å². The number of hydrazine groups is 1. The van der Waals surface area contributed by atoms with Gasteiger partial charge < -0.3 is 9.75 Å². The molecule has 0 saturated carbocycles. The van der Waals surface area contributed by atoms with Crippen molar-refractivity contribution in [2.75, 3.05) is 12.1 Å². The predicted molar refractivity (Wildman–Crippen MR) is 94.5 cm³/mol. The lowest BCUT2D eigenvalue weighted by Crippen LogP contribution is -2.26. The third-order valence-electron chi connectivity index (χ3n) is 3.83. The Bertz CT molecular complexity index is 841. The van der Waals surface area contributed by atoms with Gasteiger partial charge in [0.2, 0.25) is 5.88 Å². The first-order valence-corrected chi connectivity index (χ1v) is 7.71. The van der Waals surface area contributed by atoms with E-state index in [2.05, 4.69) is 10.1 Å². The second kappa shape index (κ2) is 6.72. The summed E-state index contributed by atoms with van der Waals surface area (Å²) in [5.74, 6) is 6.47. The van der Waals surface area contributed by atoms with Gasteiger partial charge in [-0.1, -0.05) is 18.2 Å². The van der Waals surface area contributed by atoms with Crippen molar-refractivity contribution in [2.24, 2.45) is 12.9 Å². The summed E-state index contributed by atoms with van der Waals surface area (Å²) in [6, 6.07) is 13.6. The molecular formula is C18H21N5O.